The van der Waals surface area contributed by atoms with Gasteiger partial charge >= 0.3 is 0 Å². The van der Waals surface area contributed by atoms with Crippen LogP contribution in [0.4, 0.5) is 5.69 Å². The molecule has 0 bridgehead atoms. The molecule has 0 aliphatic carbocycles. The highest BCUT2D eigenvalue weighted by Gasteiger charge is 2.38. The van der Waals surface area contributed by atoms with Gasteiger partial charge in [0.1, 0.15) is 10.6 Å². The lowest BCUT2D eigenvalue weighted by Gasteiger charge is -2.23. The van der Waals surface area contributed by atoms with Gasteiger partial charge < -0.3 is 15.8 Å². The van der Waals surface area contributed by atoms with Crippen LogP contribution in [0, 0.1) is 6.92 Å². The van der Waals surface area contributed by atoms with Crippen molar-refractivity contribution in [3.05, 3.63) is 29.3 Å². The van der Waals surface area contributed by atoms with Crippen LogP contribution >= 0.6 is 12.2 Å². The molecule has 1 aromatic rings. The van der Waals surface area contributed by atoms with Crippen molar-refractivity contribution < 1.29 is 9.53 Å². The summed E-state index contributed by atoms with van der Waals surface area (Å²) < 4.78 is 5.53. The van der Waals surface area contributed by atoms with Crippen molar-refractivity contribution in [1.82, 2.24) is 0 Å². The van der Waals surface area contributed by atoms with Crippen molar-refractivity contribution in [2.45, 2.75) is 32.3 Å². The van der Waals surface area contributed by atoms with Crippen LogP contribution in [0.1, 0.15) is 30.9 Å². The van der Waals surface area contributed by atoms with E-state index in [0.717, 1.165) is 18.4 Å². The number of nitrogens with two attached hydrogens (primary N) is 1. The van der Waals surface area contributed by atoms with Crippen LogP contribution in [0.2, 0.25) is 0 Å². The minimum Gasteiger partial charge on any atom is -0.389 e. The van der Waals surface area contributed by atoms with Crippen LogP contribution in [0.25, 0.3) is 0 Å². The van der Waals surface area contributed by atoms with Crippen molar-refractivity contribution in [1.29, 1.82) is 0 Å². The molecule has 0 radical (unpaired) electrons. The largest absolute Gasteiger partial charge is 0.389 e. The summed E-state index contributed by atoms with van der Waals surface area (Å²) in [6, 6.07) is 5.58. The van der Waals surface area contributed by atoms with E-state index >= 15 is 0 Å². The van der Waals surface area contributed by atoms with Gasteiger partial charge in [0.25, 0.3) is 5.91 Å². The van der Waals surface area contributed by atoms with E-state index < -0.39 is 5.60 Å². The lowest BCUT2D eigenvalue weighted by atomic mass is 10.0. The Bertz CT molecular complexity index is 522. The van der Waals surface area contributed by atoms with Crippen LogP contribution in [-0.2, 0) is 9.53 Å². The zero-order valence-corrected chi connectivity index (χ0v) is 12.0. The maximum Gasteiger partial charge on any atom is 0.256 e. The molecule has 19 heavy (non-hydrogen) atoms. The number of amides is 1. The van der Waals surface area contributed by atoms with Gasteiger partial charge in [0.2, 0.25) is 0 Å². The van der Waals surface area contributed by atoms with Crippen molar-refractivity contribution >= 4 is 28.8 Å². The van der Waals surface area contributed by atoms with E-state index in [1.165, 1.54) is 0 Å². The van der Waals surface area contributed by atoms with Crippen LogP contribution in [0.3, 0.4) is 0 Å². The molecule has 4 nitrogen and oxygen atoms in total. The number of ether oxygens (including phenoxy) is 1. The Morgan fingerprint density at radius 1 is 1.53 bits per heavy atom. The first-order valence-electron chi connectivity index (χ1n) is 6.29. The first-order chi connectivity index (χ1) is 8.94. The summed E-state index contributed by atoms with van der Waals surface area (Å²) in [5.74, 6) is -0.145. The number of carbonyl (C=O) groups is 1. The van der Waals surface area contributed by atoms with Gasteiger partial charge in [-0.25, -0.2) is 0 Å². The van der Waals surface area contributed by atoms with E-state index in [-0.39, 0.29) is 10.9 Å². The Labute approximate surface area is 118 Å². The molecule has 5 heteroatoms. The summed E-state index contributed by atoms with van der Waals surface area (Å²) in [6.07, 6.45) is 1.63. The summed E-state index contributed by atoms with van der Waals surface area (Å²) in [5.41, 5.74) is 7.28. The summed E-state index contributed by atoms with van der Waals surface area (Å²) in [7, 11) is 0. The Balaban J connectivity index is 2.26. The number of rotatable bonds is 3. The lowest BCUT2D eigenvalue weighted by Crippen LogP contribution is -2.39. The smallest absolute Gasteiger partial charge is 0.256 e. The molecule has 1 heterocycles. The predicted octanol–water partition coefficient (Wildman–Crippen LogP) is 2.14. The zero-order valence-electron chi connectivity index (χ0n) is 11.2. The molecule has 2 rings (SSSR count). The second-order valence-corrected chi connectivity index (χ2v) is 5.44. The highest BCUT2D eigenvalue weighted by molar-refractivity contribution is 7.80. The van der Waals surface area contributed by atoms with E-state index in [9.17, 15) is 4.79 Å². The number of anilines is 1. The minimum atomic E-state index is -0.753. The van der Waals surface area contributed by atoms with Crippen molar-refractivity contribution in [2.75, 3.05) is 11.9 Å². The molecule has 1 atom stereocenters. The normalized spacial score (nSPS) is 22.2. The second kappa shape index (κ2) is 5.27. The Hall–Kier alpha value is -1.46. The molecule has 0 aromatic heterocycles. The number of benzene rings is 1. The summed E-state index contributed by atoms with van der Waals surface area (Å²) in [4.78, 5) is 12.6. The summed E-state index contributed by atoms with van der Waals surface area (Å²) in [5, 5.41) is 2.88. The molecule has 0 spiro atoms. The van der Waals surface area contributed by atoms with E-state index in [4.69, 9.17) is 22.7 Å². The topological polar surface area (TPSA) is 64.3 Å². The van der Waals surface area contributed by atoms with Crippen LogP contribution in [0.15, 0.2) is 18.2 Å². The Kier molecular flexibility index (Phi) is 3.87. The van der Waals surface area contributed by atoms with Crippen LogP contribution in [-0.4, -0.2) is 23.1 Å². The molecule has 1 aliphatic rings. The quantitative estimate of drug-likeness (QED) is 0.831. The predicted molar refractivity (Wildman–Crippen MR) is 79.3 cm³/mol. The average Bonchev–Trinajstić information content (AvgIpc) is 2.77. The molecule has 1 saturated heterocycles. The molecule has 1 amide bonds. The first-order valence-corrected chi connectivity index (χ1v) is 6.70. The molecular formula is C14H18N2O2S. The van der Waals surface area contributed by atoms with Crippen molar-refractivity contribution in [3.63, 3.8) is 0 Å². The minimum absolute atomic E-state index is 0.145. The number of carbonyl (C=O) groups excluding carboxylic acids is 1. The molecule has 1 fully saturated rings. The van der Waals surface area contributed by atoms with Gasteiger partial charge in [0, 0.05) is 12.2 Å². The first kappa shape index (κ1) is 14.0. The van der Waals surface area contributed by atoms with Crippen LogP contribution in [0.5, 0.6) is 0 Å². The maximum absolute atomic E-state index is 12.3. The fourth-order valence-electron chi connectivity index (χ4n) is 2.31. The molecule has 1 aromatic carbocycles. The van der Waals surface area contributed by atoms with E-state index in [0.29, 0.717) is 17.9 Å². The van der Waals surface area contributed by atoms with Gasteiger partial charge in [-0.1, -0.05) is 24.4 Å². The highest BCUT2D eigenvalue weighted by Crippen LogP contribution is 2.28. The Morgan fingerprint density at radius 3 is 2.84 bits per heavy atom. The molecule has 3 N–H and O–H groups in total. The fraction of sp³-hybridized carbons (Fsp3) is 0.429. The van der Waals surface area contributed by atoms with Gasteiger partial charge in [-0.3, -0.25) is 4.79 Å². The van der Waals surface area contributed by atoms with Crippen LogP contribution < -0.4 is 11.1 Å². The zero-order chi connectivity index (χ0) is 14.0. The van der Waals surface area contributed by atoms with Crippen molar-refractivity contribution in [2.24, 2.45) is 5.73 Å². The van der Waals surface area contributed by atoms with Gasteiger partial charge in [-0.2, -0.15) is 0 Å². The number of thiocarbonyl (C=S) groups is 1. The average molecular weight is 278 g/mol. The van der Waals surface area contributed by atoms with E-state index in [1.807, 2.05) is 26.0 Å². The standard InChI is InChI=1S/C14H18N2O2S/c1-9-5-3-6-10(11(9)12(15)19)16-13(17)14(2)7-4-8-18-14/h3,5-6H,4,7-8H2,1-2H3,(H2,15,19)(H,16,17). The third kappa shape index (κ3) is 2.77. The molecule has 1 unspecified atom stereocenters. The summed E-state index contributed by atoms with van der Waals surface area (Å²) >= 11 is 5.05. The highest BCUT2D eigenvalue weighted by atomic mass is 32.1. The molecular weight excluding hydrogens is 260 g/mol. The Morgan fingerprint density at radius 2 is 2.26 bits per heavy atom. The monoisotopic (exact) mass is 278 g/mol. The number of aryl methyl sites for hydroxylation is 1. The SMILES string of the molecule is Cc1cccc(NC(=O)C2(C)CCCO2)c1C(N)=S. The molecule has 1 aliphatic heterocycles. The van der Waals surface area contributed by atoms with Gasteiger partial charge in [0.15, 0.2) is 0 Å². The van der Waals surface area contributed by atoms with Gasteiger partial charge in [-0.05, 0) is 38.3 Å². The number of hydrogen-bond donors (Lipinski definition) is 2. The fourth-order valence-corrected chi connectivity index (χ4v) is 2.58. The second-order valence-electron chi connectivity index (χ2n) is 5.00. The summed E-state index contributed by atoms with van der Waals surface area (Å²) in [6.45, 7) is 4.35. The van der Waals surface area contributed by atoms with E-state index in [2.05, 4.69) is 5.32 Å². The molecule has 0 saturated carbocycles. The third-order valence-corrected chi connectivity index (χ3v) is 3.67. The molecule has 102 valence electrons. The third-order valence-electron chi connectivity index (χ3n) is 3.47. The van der Waals surface area contributed by atoms with E-state index in [1.54, 1.807) is 6.07 Å². The lowest BCUT2D eigenvalue weighted by molar-refractivity contribution is -0.133. The van der Waals surface area contributed by atoms with Gasteiger partial charge in [0.05, 0.1) is 5.69 Å². The number of hydrogen-bond acceptors (Lipinski definition) is 3. The number of nitrogens with one attached hydrogen (secondary N) is 1. The van der Waals surface area contributed by atoms with Gasteiger partial charge in [-0.15, -0.1) is 0 Å². The van der Waals surface area contributed by atoms with Crippen molar-refractivity contribution in [3.8, 4) is 0 Å². The maximum atomic E-state index is 12.3.